The van der Waals surface area contributed by atoms with Crippen molar-refractivity contribution in [3.05, 3.63) is 0 Å². The molecule has 2 unspecified atom stereocenters. The second-order valence-electron chi connectivity index (χ2n) is 5.01. The maximum atomic E-state index is 11.8. The first-order chi connectivity index (χ1) is 7.87. The van der Waals surface area contributed by atoms with Crippen LogP contribution >= 0.6 is 0 Å². The topological polar surface area (TPSA) is 33.0 Å². The lowest BCUT2D eigenvalue weighted by molar-refractivity contribution is -0.174. The molecule has 0 aromatic rings. The zero-order chi connectivity index (χ0) is 12.9. The van der Waals surface area contributed by atoms with Crippen molar-refractivity contribution < 1.29 is 17.9 Å². The second kappa shape index (κ2) is 5.72. The van der Waals surface area contributed by atoms with Crippen LogP contribution in [0.5, 0.6) is 0 Å². The number of halogens is 3. The Morgan fingerprint density at radius 1 is 1.47 bits per heavy atom. The van der Waals surface area contributed by atoms with Gasteiger partial charge in [0.2, 0.25) is 0 Å². The predicted molar refractivity (Wildman–Crippen MR) is 57.2 cm³/mol. The predicted octanol–water partition coefficient (Wildman–Crippen LogP) is 3.68. The van der Waals surface area contributed by atoms with Crippen molar-refractivity contribution in [3.8, 4) is 6.07 Å². The molecule has 0 saturated heterocycles. The lowest BCUT2D eigenvalue weighted by atomic mass is 9.82. The van der Waals surface area contributed by atoms with Gasteiger partial charge in [-0.2, -0.15) is 18.4 Å². The molecule has 2 nitrogen and oxygen atoms in total. The molecule has 1 saturated carbocycles. The van der Waals surface area contributed by atoms with Crippen molar-refractivity contribution in [1.29, 1.82) is 5.26 Å². The van der Waals surface area contributed by atoms with E-state index >= 15 is 0 Å². The van der Waals surface area contributed by atoms with Crippen LogP contribution < -0.4 is 0 Å². The highest BCUT2D eigenvalue weighted by molar-refractivity contribution is 5.03. The number of hydrogen-bond donors (Lipinski definition) is 0. The van der Waals surface area contributed by atoms with Gasteiger partial charge < -0.3 is 4.74 Å². The number of ether oxygens (including phenoxy) is 1. The molecule has 1 rings (SSSR count). The molecule has 0 heterocycles. The van der Waals surface area contributed by atoms with Gasteiger partial charge in [-0.25, -0.2) is 0 Å². The van der Waals surface area contributed by atoms with Crippen LogP contribution in [0.2, 0.25) is 0 Å². The summed E-state index contributed by atoms with van der Waals surface area (Å²) in [6.45, 7) is 1.000. The van der Waals surface area contributed by atoms with Crippen LogP contribution in [0.1, 0.15) is 39.0 Å². The summed E-state index contributed by atoms with van der Waals surface area (Å²) in [6.07, 6.45) is -0.319. The van der Waals surface area contributed by atoms with Crippen molar-refractivity contribution in [2.45, 2.75) is 45.2 Å². The summed E-state index contributed by atoms with van der Waals surface area (Å²) in [7, 11) is 0. The minimum atomic E-state index is -4.26. The maximum Gasteiger partial charge on any atom is 0.411 e. The average Bonchev–Trinajstić information content (AvgIpc) is 2.59. The minimum absolute atomic E-state index is 0.0807. The third-order valence-corrected chi connectivity index (χ3v) is 3.30. The average molecular weight is 249 g/mol. The van der Waals surface area contributed by atoms with E-state index in [1.807, 2.05) is 0 Å². The van der Waals surface area contributed by atoms with Gasteiger partial charge in [0, 0.05) is 6.61 Å². The molecule has 1 aliphatic rings. The van der Waals surface area contributed by atoms with Gasteiger partial charge in [0.25, 0.3) is 0 Å². The third-order valence-electron chi connectivity index (χ3n) is 3.30. The molecule has 0 bridgehead atoms. The smallest absolute Gasteiger partial charge is 0.372 e. The first kappa shape index (κ1) is 14.3. The van der Waals surface area contributed by atoms with Crippen LogP contribution in [0.15, 0.2) is 0 Å². The lowest BCUT2D eigenvalue weighted by Crippen LogP contribution is -2.19. The summed E-state index contributed by atoms with van der Waals surface area (Å²) >= 11 is 0. The Kier molecular flexibility index (Phi) is 4.81. The molecule has 2 atom stereocenters. The van der Waals surface area contributed by atoms with Gasteiger partial charge in [-0.1, -0.05) is 6.92 Å². The van der Waals surface area contributed by atoms with Gasteiger partial charge in [-0.15, -0.1) is 0 Å². The molecule has 0 aromatic carbocycles. The van der Waals surface area contributed by atoms with E-state index < -0.39 is 12.8 Å². The molecule has 0 aliphatic heterocycles. The molecule has 17 heavy (non-hydrogen) atoms. The van der Waals surface area contributed by atoms with Crippen LogP contribution in [-0.4, -0.2) is 19.4 Å². The van der Waals surface area contributed by atoms with E-state index in [1.165, 1.54) is 0 Å². The quantitative estimate of drug-likeness (QED) is 0.696. The molecule has 0 aromatic heterocycles. The fourth-order valence-corrected chi connectivity index (χ4v) is 2.48. The van der Waals surface area contributed by atoms with Crippen molar-refractivity contribution in [3.63, 3.8) is 0 Å². The summed E-state index contributed by atoms with van der Waals surface area (Å²) < 4.78 is 39.9. The van der Waals surface area contributed by atoms with Crippen LogP contribution in [-0.2, 0) is 4.74 Å². The van der Waals surface area contributed by atoms with Crippen molar-refractivity contribution in [2.75, 3.05) is 13.2 Å². The van der Waals surface area contributed by atoms with Gasteiger partial charge in [0.15, 0.2) is 0 Å². The Hall–Kier alpha value is -0.760. The fraction of sp³-hybridized carbons (Fsp3) is 0.917. The third kappa shape index (κ3) is 4.95. The zero-order valence-electron chi connectivity index (χ0n) is 10.0. The molecule has 0 N–H and O–H groups in total. The van der Waals surface area contributed by atoms with Crippen LogP contribution in [0.4, 0.5) is 13.2 Å². The van der Waals surface area contributed by atoms with E-state index in [2.05, 4.69) is 17.7 Å². The Balaban J connectivity index is 2.20. The Morgan fingerprint density at radius 3 is 2.65 bits per heavy atom. The number of nitrogens with zero attached hydrogens (tertiary/aromatic N) is 1. The summed E-state index contributed by atoms with van der Waals surface area (Å²) in [5.41, 5.74) is -0.318. The number of hydrogen-bond acceptors (Lipinski definition) is 2. The summed E-state index contributed by atoms with van der Waals surface area (Å²) in [4.78, 5) is 0. The van der Waals surface area contributed by atoms with Crippen LogP contribution in [0.25, 0.3) is 0 Å². The minimum Gasteiger partial charge on any atom is -0.372 e. The summed E-state index contributed by atoms with van der Waals surface area (Å²) in [5.74, 6) is 0.547. The van der Waals surface area contributed by atoms with Gasteiger partial charge in [-0.05, 0) is 38.0 Å². The lowest BCUT2D eigenvalue weighted by Gasteiger charge is -2.20. The van der Waals surface area contributed by atoms with Gasteiger partial charge >= 0.3 is 6.18 Å². The fourth-order valence-electron chi connectivity index (χ4n) is 2.48. The van der Waals surface area contributed by atoms with E-state index in [-0.39, 0.29) is 12.0 Å². The first-order valence-electron chi connectivity index (χ1n) is 5.93. The van der Waals surface area contributed by atoms with Gasteiger partial charge in [-0.3, -0.25) is 0 Å². The van der Waals surface area contributed by atoms with Gasteiger partial charge in [0.1, 0.15) is 6.61 Å². The van der Waals surface area contributed by atoms with E-state index in [0.717, 1.165) is 19.3 Å². The molecule has 0 radical (unpaired) electrons. The Bertz CT molecular complexity index is 284. The molecule has 0 spiro atoms. The van der Waals surface area contributed by atoms with Crippen molar-refractivity contribution in [2.24, 2.45) is 11.3 Å². The maximum absolute atomic E-state index is 11.8. The molecular weight excluding hydrogens is 231 g/mol. The summed E-state index contributed by atoms with van der Waals surface area (Å²) in [6, 6.07) is 2.34. The highest BCUT2D eigenvalue weighted by Gasteiger charge is 2.37. The van der Waals surface area contributed by atoms with Crippen molar-refractivity contribution in [1.82, 2.24) is 0 Å². The summed E-state index contributed by atoms with van der Waals surface area (Å²) in [5, 5.41) is 9.15. The molecule has 0 amide bonds. The molecule has 5 heteroatoms. The Labute approximate surface area is 99.8 Å². The molecule has 1 fully saturated rings. The second-order valence-corrected chi connectivity index (χ2v) is 5.01. The van der Waals surface area contributed by atoms with E-state index in [4.69, 9.17) is 5.26 Å². The monoisotopic (exact) mass is 249 g/mol. The molecule has 98 valence electrons. The normalized spacial score (nSPS) is 29.2. The van der Waals surface area contributed by atoms with E-state index in [0.29, 0.717) is 18.8 Å². The van der Waals surface area contributed by atoms with Crippen LogP contribution in [0, 0.1) is 22.7 Å². The van der Waals surface area contributed by atoms with Crippen molar-refractivity contribution >= 4 is 0 Å². The van der Waals surface area contributed by atoms with E-state index in [1.54, 1.807) is 0 Å². The van der Waals surface area contributed by atoms with Gasteiger partial charge in [0.05, 0.1) is 11.5 Å². The Morgan fingerprint density at radius 2 is 2.18 bits per heavy atom. The highest BCUT2D eigenvalue weighted by atomic mass is 19.4. The largest absolute Gasteiger partial charge is 0.411 e. The zero-order valence-corrected chi connectivity index (χ0v) is 10.0. The SMILES string of the molecule is CC1CCC(C#N)(CCCOCC(F)(F)F)C1. The molecule has 1 aliphatic carbocycles. The number of alkyl halides is 3. The van der Waals surface area contributed by atoms with Crippen LogP contribution in [0.3, 0.4) is 0 Å². The number of nitriles is 1. The molecular formula is C12H18F3NO. The number of rotatable bonds is 5. The van der Waals surface area contributed by atoms with E-state index in [9.17, 15) is 13.2 Å². The highest BCUT2D eigenvalue weighted by Crippen LogP contribution is 2.44. The standard InChI is InChI=1S/C12H18F3NO/c1-10-3-5-11(7-10,8-16)4-2-6-17-9-12(13,14)15/h10H,2-7,9H2,1H3. The first-order valence-corrected chi connectivity index (χ1v) is 5.93.